The highest BCUT2D eigenvalue weighted by Crippen LogP contribution is 2.53. The van der Waals surface area contributed by atoms with E-state index in [-0.39, 0.29) is 171 Å². The molecule has 4 amide bonds. The first kappa shape index (κ1) is 110. The van der Waals surface area contributed by atoms with Crippen LogP contribution in [0, 0.1) is 27.7 Å². The summed E-state index contributed by atoms with van der Waals surface area (Å²) >= 11 is 0. The summed E-state index contributed by atoms with van der Waals surface area (Å²) in [4.78, 5) is 213. The van der Waals surface area contributed by atoms with Crippen LogP contribution in [-0.4, -0.2) is 242 Å². The van der Waals surface area contributed by atoms with Crippen molar-refractivity contribution < 1.29 is 157 Å². The van der Waals surface area contributed by atoms with Gasteiger partial charge in [0.05, 0.1) is 52.9 Å². The van der Waals surface area contributed by atoms with Gasteiger partial charge in [-0.1, -0.05) is 20.8 Å². The number of phosphoric acid groups is 4. The fourth-order valence-corrected chi connectivity index (χ4v) is 20.2. The molecule has 53 nitrogen and oxygen atoms in total. The van der Waals surface area contributed by atoms with Crippen LogP contribution in [-0.2, 0) is 118 Å². The Morgan fingerprint density at radius 2 is 0.535 bits per heavy atom. The number of carbonyl (C=O) groups is 4. The molecule has 144 heavy (non-hydrogen) atoms. The van der Waals surface area contributed by atoms with Gasteiger partial charge in [-0.05, 0) is 95.5 Å². The number of aromatic amines is 4. The molecule has 4 aromatic heterocycles. The minimum Gasteiger partial charge on any atom is -0.493 e. The Balaban J connectivity index is 0.907. The van der Waals surface area contributed by atoms with Gasteiger partial charge in [-0.25, -0.2) is 37.4 Å². The average molecular weight is 2100 g/mol. The van der Waals surface area contributed by atoms with Crippen molar-refractivity contribution in [2.24, 2.45) is 0 Å². The lowest BCUT2D eigenvalue weighted by Crippen LogP contribution is -2.33. The Bertz CT molecular complexity index is 5930. The third-order valence-electron chi connectivity index (χ3n) is 23.1. The first-order valence-corrected chi connectivity index (χ1v) is 51.3. The van der Waals surface area contributed by atoms with E-state index in [1.165, 1.54) is 101 Å². The van der Waals surface area contributed by atoms with Crippen molar-refractivity contribution in [1.29, 1.82) is 0 Å². The minimum atomic E-state index is -5.39. The summed E-state index contributed by atoms with van der Waals surface area (Å²) in [6.07, 6.45) is -13.8. The predicted molar refractivity (Wildman–Crippen MR) is 501 cm³/mol. The van der Waals surface area contributed by atoms with Gasteiger partial charge in [0.1, 0.15) is 130 Å². The van der Waals surface area contributed by atoms with E-state index < -0.39 is 253 Å². The maximum atomic E-state index is 14.6. The summed E-state index contributed by atoms with van der Waals surface area (Å²) in [5.41, 5.74) is -5.48. The first-order chi connectivity index (χ1) is 68.4. The van der Waals surface area contributed by atoms with Gasteiger partial charge in [0, 0.05) is 166 Å². The molecule has 16 unspecified atom stereocenters. The van der Waals surface area contributed by atoms with Crippen LogP contribution >= 0.6 is 31.3 Å². The number of ether oxygens (including phenoxy) is 8. The van der Waals surface area contributed by atoms with Gasteiger partial charge in [-0.2, -0.15) is 0 Å². The van der Waals surface area contributed by atoms with Gasteiger partial charge in [0.15, 0.2) is 0 Å². The quantitative estimate of drug-likeness (QED) is 0.0244. The van der Waals surface area contributed by atoms with E-state index in [9.17, 15) is 121 Å². The van der Waals surface area contributed by atoms with Gasteiger partial charge in [-0.3, -0.25) is 113 Å². The van der Waals surface area contributed by atoms with Crippen molar-refractivity contribution >= 4 is 77.7 Å². The van der Waals surface area contributed by atoms with Gasteiger partial charge in [0.25, 0.3) is 45.9 Å². The highest BCUT2D eigenvalue weighted by Gasteiger charge is 2.47. The number of hydrogen-bond donors (Lipinski definition) is 17. The summed E-state index contributed by atoms with van der Waals surface area (Å²) in [5, 5.41) is 62.9. The van der Waals surface area contributed by atoms with Crippen LogP contribution in [0.5, 0.6) is 23.0 Å². The van der Waals surface area contributed by atoms with Crippen LogP contribution in [0.1, 0.15) is 157 Å². The Hall–Kier alpha value is -11.2. The third-order valence-corrected chi connectivity index (χ3v) is 27.1. The normalized spacial score (nSPS) is 22.1. The average Bonchev–Trinajstić information content (AvgIpc) is 1.22. The number of fused-ring (bicyclic) bond motifs is 8. The van der Waals surface area contributed by atoms with Gasteiger partial charge in [0.2, 0.25) is 0 Å². The number of phosphoric ester groups is 4. The second kappa shape index (κ2) is 47.9. The number of aliphatic hydroxyl groups is 5. The van der Waals surface area contributed by atoms with Crippen molar-refractivity contribution in [3.63, 3.8) is 0 Å². The largest absolute Gasteiger partial charge is 0.493 e. The first-order valence-electron chi connectivity index (χ1n) is 45.3. The van der Waals surface area contributed by atoms with Crippen LogP contribution in [0.3, 0.4) is 0 Å². The standard InChI is InChI=1S/C87H110N12O41P4/c1-8-12-125-76-48-16-50-22-57(89-69(106)41-130-142(119,120)138-61-29-73(134-65(61)37-102)97-33-45(5)81(110)93-85(97)114)24-52(77(50)126-13-9-2)18-54-26-59(91-71(108)43-132-144(123,124)140-63-31-75(136-67(63)39-104)99-35-47(7)83(112)95-87(99)116)27-55(79(54)128-15-11-100)19-53-25-58(90-70(107)42-131-143(121,122)139-62-30-74(135-66(62)38-103)98-34-46(6)82(111)94-86(98)115)23-51(78(53)127-14-10-3)17-49(76)21-56(20-48)88-68(105)40-129-141(117,118)137-60-28-72(133-64(60)36-101)96-32-44(4)80(109)92-84(96)113/h20-27,32-35,60-67,72-75,100-104H,8-19,28-31,36-43H2,1-7H3,(H,88,105)(H,89,106)(H,90,107)(H,91,108)(H,117,118)(H,119,120)(H,121,122)(H,123,124)(H,92,109,113)(H,93,110,114)(H,94,111,115)(H,95,112,116). The Morgan fingerprint density at radius 3 is 0.715 bits per heavy atom. The molecule has 1 aliphatic carbocycles. The maximum Gasteiger partial charge on any atom is 0.473 e. The van der Waals surface area contributed by atoms with Crippen molar-refractivity contribution in [2.45, 2.75) is 193 Å². The third kappa shape index (κ3) is 27.9. The number of hydrogen-bond acceptors (Lipinski definition) is 37. The van der Waals surface area contributed by atoms with E-state index in [1.54, 1.807) is 20.8 Å². The van der Waals surface area contributed by atoms with E-state index in [2.05, 4.69) is 41.2 Å². The smallest absolute Gasteiger partial charge is 0.473 e. The molecule has 16 atom stereocenters. The lowest BCUT2D eigenvalue weighted by molar-refractivity contribution is -0.119. The number of carbonyl (C=O) groups excluding carboxylic acids is 4. The van der Waals surface area contributed by atoms with Crippen molar-refractivity contribution in [3.05, 3.63) is 223 Å². The Morgan fingerprint density at radius 1 is 0.340 bits per heavy atom. The number of nitrogens with one attached hydrogen (secondary N) is 8. The summed E-state index contributed by atoms with van der Waals surface area (Å²) in [5.74, 6) is -4.35. The van der Waals surface area contributed by atoms with Crippen LogP contribution in [0.25, 0.3) is 0 Å². The molecule has 8 bridgehead atoms. The number of aryl methyl sites for hydroxylation is 4. The lowest BCUT2D eigenvalue weighted by Gasteiger charge is -2.25. The number of aliphatic hydroxyl groups excluding tert-OH is 5. The maximum absolute atomic E-state index is 14.6. The molecule has 4 aromatic carbocycles. The summed E-state index contributed by atoms with van der Waals surface area (Å²) in [6, 6.07) is 11.4. The number of H-pyrrole nitrogens is 4. The van der Waals surface area contributed by atoms with Crippen LogP contribution in [0.15, 0.2) is 112 Å². The van der Waals surface area contributed by atoms with E-state index in [0.717, 1.165) is 18.3 Å². The van der Waals surface area contributed by atoms with Crippen molar-refractivity contribution in [1.82, 2.24) is 38.2 Å². The highest BCUT2D eigenvalue weighted by atomic mass is 31.2. The second-order valence-electron chi connectivity index (χ2n) is 34.2. The Kier molecular flexibility index (Phi) is 36.6. The topological polar surface area (TPSA) is 734 Å². The summed E-state index contributed by atoms with van der Waals surface area (Å²) in [6.45, 7) is 1.37. The minimum absolute atomic E-state index is 0.0442. The zero-order chi connectivity index (χ0) is 104. The van der Waals surface area contributed by atoms with E-state index in [4.69, 9.17) is 74.1 Å². The van der Waals surface area contributed by atoms with Crippen molar-refractivity contribution in [3.8, 4) is 23.0 Å². The molecule has 0 radical (unpaired) electrons. The molecule has 17 N–H and O–H groups in total. The molecular weight excluding hydrogens is 1990 g/mol. The van der Waals surface area contributed by atoms with Gasteiger partial charge >= 0.3 is 54.0 Å². The van der Waals surface area contributed by atoms with Crippen LogP contribution in [0.2, 0.25) is 0 Å². The number of nitrogens with zero attached hydrogens (tertiary/aromatic N) is 4. The number of anilines is 4. The fraction of sp³-hybridized carbons (Fsp3) is 0.494. The molecule has 8 heterocycles. The summed E-state index contributed by atoms with van der Waals surface area (Å²) in [7, 11) is -21.5. The monoisotopic (exact) mass is 2100 g/mol. The van der Waals surface area contributed by atoms with Crippen LogP contribution < -0.4 is 85.2 Å². The molecule has 4 saturated heterocycles. The number of amides is 4. The molecular formula is C87H110N12O41P4. The number of aromatic nitrogens is 8. The highest BCUT2D eigenvalue weighted by molar-refractivity contribution is 7.48. The van der Waals surface area contributed by atoms with E-state index in [0.29, 0.717) is 19.3 Å². The zero-order valence-corrected chi connectivity index (χ0v) is 82.1. The molecule has 0 saturated carbocycles. The molecule has 5 aliphatic rings. The van der Waals surface area contributed by atoms with E-state index >= 15 is 0 Å². The predicted octanol–water partition coefficient (Wildman–Crippen LogP) is 2.42. The fourth-order valence-electron chi connectivity index (χ4n) is 16.6. The molecule has 784 valence electrons. The van der Waals surface area contributed by atoms with Crippen molar-refractivity contribution in [2.75, 3.05) is 107 Å². The molecule has 4 aliphatic heterocycles. The Labute approximate surface area is 815 Å². The van der Waals surface area contributed by atoms with Gasteiger partial charge in [-0.15, -0.1) is 0 Å². The summed E-state index contributed by atoms with van der Waals surface area (Å²) < 4.78 is 153. The molecule has 57 heteroatoms. The SMILES string of the molecule is CCCOc1c2cc(NC(=O)COP(=O)(O)OC3CC(n4cc(C)c(=O)[nH]c4=O)OC3CO)cc1Cc1cc(NC(=O)COP(=O)(O)OC3CC(n4cc(C)c(=O)[nH]c4=O)OC3CO)cc(c1OCCC)Cc1cc(NC(=O)COP(=O)(O)OC3CC(n4cc(C)c(=O)[nH]c4=O)OC3CO)cc(c1OCCO)Cc1cc(NC(=O)COP(=O)(O)OC3CC(n4cc(C)c(=O)[nH]c4=O)OC3CO)cc(c1OCCC)C2. The molecule has 13 rings (SSSR count). The lowest BCUT2D eigenvalue weighted by atomic mass is 9.90. The molecule has 0 spiro atoms. The van der Waals surface area contributed by atoms with Gasteiger partial charge < -0.3 is 104 Å². The van der Waals surface area contributed by atoms with Crippen LogP contribution in [0.4, 0.5) is 22.7 Å². The zero-order valence-electron chi connectivity index (χ0n) is 78.5. The number of rotatable bonds is 44. The second-order valence-corrected chi connectivity index (χ2v) is 39.8. The molecule has 4 fully saturated rings. The number of benzene rings is 4. The molecule has 8 aromatic rings. The van der Waals surface area contributed by atoms with E-state index in [1.807, 2.05) is 0 Å².